The summed E-state index contributed by atoms with van der Waals surface area (Å²) in [6.45, 7) is 9.63. The van der Waals surface area contributed by atoms with Gasteiger partial charge >= 0.3 is 0 Å². The van der Waals surface area contributed by atoms with E-state index in [4.69, 9.17) is 4.74 Å². The van der Waals surface area contributed by atoms with Crippen LogP contribution in [-0.4, -0.2) is 36.5 Å². The number of rotatable bonds is 6. The first-order valence-electron chi connectivity index (χ1n) is 8.25. The van der Waals surface area contributed by atoms with Crippen molar-refractivity contribution < 1.29 is 9.53 Å². The molecule has 1 aliphatic heterocycles. The van der Waals surface area contributed by atoms with Crippen LogP contribution in [0.4, 0.5) is 0 Å². The van der Waals surface area contributed by atoms with Crippen LogP contribution >= 0.6 is 0 Å². The zero-order chi connectivity index (χ0) is 15.9. The lowest BCUT2D eigenvalue weighted by molar-refractivity contribution is -0.119. The van der Waals surface area contributed by atoms with Gasteiger partial charge in [-0.25, -0.2) is 0 Å². The van der Waals surface area contributed by atoms with Crippen LogP contribution in [0, 0.1) is 5.92 Å². The van der Waals surface area contributed by atoms with Gasteiger partial charge in [-0.15, -0.1) is 0 Å². The van der Waals surface area contributed by atoms with Crippen LogP contribution in [0.3, 0.4) is 0 Å². The van der Waals surface area contributed by atoms with E-state index in [2.05, 4.69) is 22.3 Å². The highest BCUT2D eigenvalue weighted by Gasteiger charge is 2.20. The van der Waals surface area contributed by atoms with Crippen LogP contribution in [0.5, 0.6) is 5.75 Å². The molecule has 0 aromatic heterocycles. The van der Waals surface area contributed by atoms with E-state index in [1.54, 1.807) is 6.92 Å². The summed E-state index contributed by atoms with van der Waals surface area (Å²) in [5.41, 5.74) is 1.32. The second-order valence-electron chi connectivity index (χ2n) is 6.49. The molecule has 1 atom stereocenters. The van der Waals surface area contributed by atoms with E-state index in [1.807, 2.05) is 26.0 Å². The Hall–Kier alpha value is -1.55. The summed E-state index contributed by atoms with van der Waals surface area (Å²) in [6, 6.07) is 8.40. The lowest BCUT2D eigenvalue weighted by atomic mass is 9.97. The molecule has 0 saturated carbocycles. The molecule has 4 heteroatoms. The molecule has 1 saturated heterocycles. The van der Waals surface area contributed by atoms with E-state index in [1.165, 1.54) is 18.4 Å². The molecular weight excluding hydrogens is 276 g/mol. The van der Waals surface area contributed by atoms with Gasteiger partial charge in [0.1, 0.15) is 5.75 Å². The van der Waals surface area contributed by atoms with Crippen molar-refractivity contribution in [2.24, 2.45) is 5.92 Å². The van der Waals surface area contributed by atoms with Gasteiger partial charge in [-0.05, 0) is 56.8 Å². The van der Waals surface area contributed by atoms with Crippen molar-refractivity contribution in [1.29, 1.82) is 0 Å². The molecule has 1 aliphatic rings. The topological polar surface area (TPSA) is 41.6 Å². The normalized spacial score (nSPS) is 19.2. The number of likely N-dealkylation sites (tertiary alicyclic amines) is 1. The molecule has 0 unspecified atom stereocenters. The van der Waals surface area contributed by atoms with Gasteiger partial charge in [-0.3, -0.25) is 9.69 Å². The number of amides is 1. The monoisotopic (exact) mass is 304 g/mol. The van der Waals surface area contributed by atoms with Crippen molar-refractivity contribution >= 4 is 5.91 Å². The number of piperidine rings is 1. The minimum atomic E-state index is 0.0675. The summed E-state index contributed by atoms with van der Waals surface area (Å²) < 4.78 is 5.68. The van der Waals surface area contributed by atoms with Gasteiger partial charge in [0.2, 0.25) is 5.91 Å². The van der Waals surface area contributed by atoms with Gasteiger partial charge in [0.05, 0.1) is 6.10 Å². The molecule has 0 spiro atoms. The molecule has 4 nitrogen and oxygen atoms in total. The van der Waals surface area contributed by atoms with E-state index in [-0.39, 0.29) is 12.0 Å². The highest BCUT2D eigenvalue weighted by atomic mass is 16.5. The van der Waals surface area contributed by atoms with Gasteiger partial charge in [-0.1, -0.05) is 12.1 Å². The Kier molecular flexibility index (Phi) is 6.25. The molecule has 1 heterocycles. The summed E-state index contributed by atoms with van der Waals surface area (Å²) in [6.07, 6.45) is 2.62. The van der Waals surface area contributed by atoms with Crippen molar-refractivity contribution in [3.8, 4) is 5.75 Å². The average molecular weight is 304 g/mol. The number of nitrogens with zero attached hydrogens (tertiary/aromatic N) is 1. The first-order chi connectivity index (χ1) is 10.5. The average Bonchev–Trinajstić information content (AvgIpc) is 2.47. The summed E-state index contributed by atoms with van der Waals surface area (Å²) in [4.78, 5) is 13.5. The van der Waals surface area contributed by atoms with E-state index in [0.717, 1.165) is 31.9 Å². The van der Waals surface area contributed by atoms with Gasteiger partial charge in [0.15, 0.2) is 0 Å². The Morgan fingerprint density at radius 1 is 1.36 bits per heavy atom. The summed E-state index contributed by atoms with van der Waals surface area (Å²) in [5, 5.41) is 2.94. The number of nitrogens with one attached hydrogen (secondary N) is 1. The number of ether oxygens (including phenoxy) is 1. The maximum Gasteiger partial charge on any atom is 0.216 e. The molecule has 0 aliphatic carbocycles. The smallest absolute Gasteiger partial charge is 0.216 e. The Morgan fingerprint density at radius 2 is 2.09 bits per heavy atom. The second-order valence-corrected chi connectivity index (χ2v) is 6.49. The fourth-order valence-electron chi connectivity index (χ4n) is 2.95. The maximum atomic E-state index is 11.0. The number of hydrogen-bond acceptors (Lipinski definition) is 3. The van der Waals surface area contributed by atoms with Gasteiger partial charge in [0, 0.05) is 26.6 Å². The second kappa shape index (κ2) is 8.18. The SMILES string of the molecule is CC(=O)NC[C@H]1CCCN(Cc2ccc(OC(C)C)cc2)C1. The lowest BCUT2D eigenvalue weighted by Crippen LogP contribution is -2.40. The van der Waals surface area contributed by atoms with Crippen LogP contribution in [0.15, 0.2) is 24.3 Å². The lowest BCUT2D eigenvalue weighted by Gasteiger charge is -2.32. The van der Waals surface area contributed by atoms with Crippen molar-refractivity contribution in [1.82, 2.24) is 10.2 Å². The summed E-state index contributed by atoms with van der Waals surface area (Å²) in [5.74, 6) is 1.57. The Bertz CT molecular complexity index is 470. The van der Waals surface area contributed by atoms with Crippen molar-refractivity contribution in [2.75, 3.05) is 19.6 Å². The third kappa shape index (κ3) is 5.68. The molecule has 1 aromatic rings. The summed E-state index contributed by atoms with van der Waals surface area (Å²) in [7, 11) is 0. The number of benzene rings is 1. The Morgan fingerprint density at radius 3 is 2.73 bits per heavy atom. The number of carbonyl (C=O) groups is 1. The molecule has 22 heavy (non-hydrogen) atoms. The number of carbonyl (C=O) groups excluding carboxylic acids is 1. The van der Waals surface area contributed by atoms with Crippen molar-refractivity contribution in [3.05, 3.63) is 29.8 Å². The fourth-order valence-corrected chi connectivity index (χ4v) is 2.95. The van der Waals surface area contributed by atoms with E-state index >= 15 is 0 Å². The molecule has 1 amide bonds. The molecule has 0 bridgehead atoms. The minimum Gasteiger partial charge on any atom is -0.491 e. The Labute approximate surface area is 133 Å². The first-order valence-corrected chi connectivity index (χ1v) is 8.25. The van der Waals surface area contributed by atoms with E-state index in [0.29, 0.717) is 5.92 Å². The fraction of sp³-hybridized carbons (Fsp3) is 0.611. The first kappa shape index (κ1) is 16.8. The predicted octanol–water partition coefficient (Wildman–Crippen LogP) is 2.82. The predicted molar refractivity (Wildman–Crippen MR) is 88.9 cm³/mol. The van der Waals surface area contributed by atoms with E-state index < -0.39 is 0 Å². The van der Waals surface area contributed by atoms with Crippen LogP contribution < -0.4 is 10.1 Å². The Balaban J connectivity index is 1.83. The maximum absolute atomic E-state index is 11.0. The molecule has 2 rings (SSSR count). The minimum absolute atomic E-state index is 0.0675. The molecular formula is C18H28N2O2. The van der Waals surface area contributed by atoms with Crippen LogP contribution in [0.25, 0.3) is 0 Å². The standard InChI is InChI=1S/C18H28N2O2/c1-14(2)22-18-8-6-16(7-9-18)12-20-10-4-5-17(13-20)11-19-15(3)21/h6-9,14,17H,4-5,10-13H2,1-3H3,(H,19,21)/t17-/m1/s1. The van der Waals surface area contributed by atoms with Crippen LogP contribution in [-0.2, 0) is 11.3 Å². The zero-order valence-corrected chi connectivity index (χ0v) is 14.0. The van der Waals surface area contributed by atoms with Crippen molar-refractivity contribution in [3.63, 3.8) is 0 Å². The molecule has 1 fully saturated rings. The zero-order valence-electron chi connectivity index (χ0n) is 14.0. The molecule has 1 N–H and O–H groups in total. The third-order valence-electron chi connectivity index (χ3n) is 3.94. The largest absolute Gasteiger partial charge is 0.491 e. The molecule has 1 aromatic carbocycles. The van der Waals surface area contributed by atoms with Crippen LogP contribution in [0.1, 0.15) is 39.2 Å². The highest BCUT2D eigenvalue weighted by molar-refractivity contribution is 5.72. The number of hydrogen-bond donors (Lipinski definition) is 1. The van der Waals surface area contributed by atoms with Gasteiger partial charge in [0.25, 0.3) is 0 Å². The van der Waals surface area contributed by atoms with Gasteiger partial charge in [-0.2, -0.15) is 0 Å². The third-order valence-corrected chi connectivity index (χ3v) is 3.94. The summed E-state index contributed by atoms with van der Waals surface area (Å²) >= 11 is 0. The van der Waals surface area contributed by atoms with Crippen molar-refractivity contribution in [2.45, 2.75) is 46.3 Å². The highest BCUT2D eigenvalue weighted by Crippen LogP contribution is 2.20. The van der Waals surface area contributed by atoms with E-state index in [9.17, 15) is 4.79 Å². The molecule has 0 radical (unpaired) electrons. The van der Waals surface area contributed by atoms with Gasteiger partial charge < -0.3 is 10.1 Å². The van der Waals surface area contributed by atoms with Crippen LogP contribution in [0.2, 0.25) is 0 Å². The quantitative estimate of drug-likeness (QED) is 0.878. The molecule has 122 valence electrons.